The van der Waals surface area contributed by atoms with E-state index in [1.165, 1.54) is 11.3 Å². The predicted octanol–water partition coefficient (Wildman–Crippen LogP) is 4.39. The van der Waals surface area contributed by atoms with Crippen molar-refractivity contribution in [2.45, 2.75) is 6.42 Å². The molecule has 0 bridgehead atoms. The monoisotopic (exact) mass is 336 g/mol. The number of benzene rings is 1. The SMILES string of the molecule is Nc1nc(Br)c(Cc2ccc(Cl)cc2Cl)s1. The Kier molecular flexibility index (Phi) is 3.74. The molecule has 0 radical (unpaired) electrons. The van der Waals surface area contributed by atoms with Crippen LogP contribution in [0.15, 0.2) is 22.8 Å². The average molecular weight is 338 g/mol. The molecule has 0 saturated carbocycles. The lowest BCUT2D eigenvalue weighted by Crippen LogP contribution is -1.87. The molecule has 0 atom stereocenters. The van der Waals surface area contributed by atoms with Crippen LogP contribution in [0.5, 0.6) is 0 Å². The van der Waals surface area contributed by atoms with Crippen LogP contribution in [0.2, 0.25) is 10.0 Å². The molecule has 2 rings (SSSR count). The van der Waals surface area contributed by atoms with E-state index in [9.17, 15) is 0 Å². The Morgan fingerprint density at radius 2 is 2.12 bits per heavy atom. The minimum absolute atomic E-state index is 0.548. The topological polar surface area (TPSA) is 38.9 Å². The highest BCUT2D eigenvalue weighted by atomic mass is 79.9. The quantitative estimate of drug-likeness (QED) is 0.882. The lowest BCUT2D eigenvalue weighted by molar-refractivity contribution is 1.19. The number of anilines is 1. The molecule has 0 saturated heterocycles. The van der Waals surface area contributed by atoms with Gasteiger partial charge in [0.05, 0.1) is 0 Å². The van der Waals surface area contributed by atoms with E-state index in [2.05, 4.69) is 20.9 Å². The van der Waals surface area contributed by atoms with Crippen LogP contribution in [0.3, 0.4) is 0 Å². The minimum Gasteiger partial charge on any atom is -0.375 e. The molecule has 0 spiro atoms. The van der Waals surface area contributed by atoms with Crippen molar-refractivity contribution in [3.05, 3.63) is 43.3 Å². The molecular formula is C10H7BrCl2N2S. The first-order valence-corrected chi connectivity index (χ1v) is 6.77. The highest BCUT2D eigenvalue weighted by Crippen LogP contribution is 2.30. The van der Waals surface area contributed by atoms with Gasteiger partial charge in [0.15, 0.2) is 5.13 Å². The maximum Gasteiger partial charge on any atom is 0.181 e. The van der Waals surface area contributed by atoms with Crippen molar-refractivity contribution in [2.24, 2.45) is 0 Å². The molecule has 2 N–H and O–H groups in total. The van der Waals surface area contributed by atoms with Gasteiger partial charge in [0.25, 0.3) is 0 Å². The van der Waals surface area contributed by atoms with Crippen LogP contribution in [0, 0.1) is 0 Å². The molecule has 16 heavy (non-hydrogen) atoms. The summed E-state index contributed by atoms with van der Waals surface area (Å²) in [6.07, 6.45) is 0.700. The average Bonchev–Trinajstić information content (AvgIpc) is 2.50. The van der Waals surface area contributed by atoms with Crippen molar-refractivity contribution in [1.29, 1.82) is 0 Å². The minimum atomic E-state index is 0.548. The fourth-order valence-electron chi connectivity index (χ4n) is 1.30. The fraction of sp³-hybridized carbons (Fsp3) is 0.100. The first-order valence-electron chi connectivity index (χ1n) is 4.41. The third-order valence-corrected chi connectivity index (χ3v) is 4.42. The molecule has 1 aromatic carbocycles. The summed E-state index contributed by atoms with van der Waals surface area (Å²) in [5, 5.41) is 1.84. The molecule has 2 nitrogen and oxygen atoms in total. The highest BCUT2D eigenvalue weighted by Gasteiger charge is 2.10. The number of nitrogens with two attached hydrogens (primary N) is 1. The zero-order valence-electron chi connectivity index (χ0n) is 8.01. The van der Waals surface area contributed by atoms with Crippen LogP contribution in [-0.2, 0) is 6.42 Å². The summed E-state index contributed by atoms with van der Waals surface area (Å²) in [6.45, 7) is 0. The summed E-state index contributed by atoms with van der Waals surface area (Å²) in [7, 11) is 0. The number of hydrogen-bond acceptors (Lipinski definition) is 3. The van der Waals surface area contributed by atoms with E-state index in [1.807, 2.05) is 12.1 Å². The number of thiazole rings is 1. The largest absolute Gasteiger partial charge is 0.375 e. The number of nitrogens with zero attached hydrogens (tertiary/aromatic N) is 1. The van der Waals surface area contributed by atoms with Gasteiger partial charge in [0.2, 0.25) is 0 Å². The summed E-state index contributed by atoms with van der Waals surface area (Å²) in [5.74, 6) is 0. The molecule has 84 valence electrons. The van der Waals surface area contributed by atoms with E-state index in [0.717, 1.165) is 15.0 Å². The first-order chi connectivity index (χ1) is 7.56. The van der Waals surface area contributed by atoms with Gasteiger partial charge in [-0.05, 0) is 33.6 Å². The van der Waals surface area contributed by atoms with Gasteiger partial charge in [0, 0.05) is 21.3 Å². The molecule has 0 unspecified atom stereocenters. The Labute approximate surface area is 116 Å². The van der Waals surface area contributed by atoms with Crippen molar-refractivity contribution >= 4 is 55.6 Å². The summed E-state index contributed by atoms with van der Waals surface area (Å²) >= 11 is 16.7. The van der Waals surface area contributed by atoms with Gasteiger partial charge in [-0.2, -0.15) is 0 Å². The second kappa shape index (κ2) is 4.92. The van der Waals surface area contributed by atoms with Gasteiger partial charge in [0.1, 0.15) is 4.60 Å². The Morgan fingerprint density at radius 1 is 1.38 bits per heavy atom. The number of aromatic nitrogens is 1. The Morgan fingerprint density at radius 3 is 2.69 bits per heavy atom. The molecule has 0 aliphatic rings. The molecule has 2 aromatic rings. The third-order valence-electron chi connectivity index (χ3n) is 2.03. The van der Waals surface area contributed by atoms with Crippen LogP contribution >= 0.6 is 50.5 Å². The second-order valence-corrected chi connectivity index (χ2v) is 5.89. The molecule has 1 heterocycles. The van der Waals surface area contributed by atoms with Crippen molar-refractivity contribution < 1.29 is 0 Å². The van der Waals surface area contributed by atoms with E-state index < -0.39 is 0 Å². The summed E-state index contributed by atoms with van der Waals surface area (Å²) in [5.41, 5.74) is 6.63. The Bertz CT molecular complexity index is 528. The lowest BCUT2D eigenvalue weighted by Gasteiger charge is -2.02. The van der Waals surface area contributed by atoms with Gasteiger partial charge in [-0.3, -0.25) is 0 Å². The van der Waals surface area contributed by atoms with Crippen LogP contribution in [0.4, 0.5) is 5.13 Å². The zero-order valence-corrected chi connectivity index (χ0v) is 11.9. The van der Waals surface area contributed by atoms with Crippen LogP contribution < -0.4 is 5.73 Å². The molecule has 6 heteroatoms. The molecule has 1 aromatic heterocycles. The molecule has 0 fully saturated rings. The van der Waals surface area contributed by atoms with E-state index in [1.54, 1.807) is 6.07 Å². The van der Waals surface area contributed by atoms with E-state index in [0.29, 0.717) is 21.6 Å². The van der Waals surface area contributed by atoms with Gasteiger partial charge in [-0.25, -0.2) is 4.98 Å². The standard InChI is InChI=1S/C10H7BrCl2N2S/c11-9-8(16-10(14)15-9)3-5-1-2-6(12)4-7(5)13/h1-2,4H,3H2,(H2,14,15). The van der Waals surface area contributed by atoms with Crippen molar-refractivity contribution in [2.75, 3.05) is 5.73 Å². The maximum absolute atomic E-state index is 6.09. The smallest absolute Gasteiger partial charge is 0.181 e. The van der Waals surface area contributed by atoms with Crippen molar-refractivity contribution in [3.63, 3.8) is 0 Å². The van der Waals surface area contributed by atoms with E-state index >= 15 is 0 Å². The maximum atomic E-state index is 6.09. The highest BCUT2D eigenvalue weighted by molar-refractivity contribution is 9.10. The molecule has 0 aliphatic carbocycles. The predicted molar refractivity (Wildman–Crippen MR) is 73.5 cm³/mol. The molecular weight excluding hydrogens is 331 g/mol. The number of nitrogen functional groups attached to an aromatic ring is 1. The zero-order chi connectivity index (χ0) is 11.7. The van der Waals surface area contributed by atoms with E-state index in [4.69, 9.17) is 28.9 Å². The van der Waals surface area contributed by atoms with Gasteiger partial charge in [-0.1, -0.05) is 29.3 Å². The summed E-state index contributed by atoms with van der Waals surface area (Å²) in [4.78, 5) is 5.16. The molecule has 0 amide bonds. The number of rotatable bonds is 2. The first kappa shape index (κ1) is 12.2. The Hall–Kier alpha value is -0.290. The summed E-state index contributed by atoms with van der Waals surface area (Å²) in [6, 6.07) is 5.46. The number of halogens is 3. The van der Waals surface area contributed by atoms with Crippen LogP contribution in [-0.4, -0.2) is 4.98 Å². The van der Waals surface area contributed by atoms with Gasteiger partial charge in [-0.15, -0.1) is 11.3 Å². The van der Waals surface area contributed by atoms with Crippen LogP contribution in [0.1, 0.15) is 10.4 Å². The molecule has 0 aliphatic heterocycles. The third kappa shape index (κ3) is 2.69. The van der Waals surface area contributed by atoms with Gasteiger partial charge >= 0.3 is 0 Å². The van der Waals surface area contributed by atoms with E-state index in [-0.39, 0.29) is 0 Å². The lowest BCUT2D eigenvalue weighted by atomic mass is 10.1. The fourth-order valence-corrected chi connectivity index (χ4v) is 3.21. The second-order valence-electron chi connectivity index (χ2n) is 3.18. The van der Waals surface area contributed by atoms with Crippen molar-refractivity contribution in [1.82, 2.24) is 4.98 Å². The normalized spacial score (nSPS) is 10.7. The van der Waals surface area contributed by atoms with Crippen LogP contribution in [0.25, 0.3) is 0 Å². The summed E-state index contributed by atoms with van der Waals surface area (Å²) < 4.78 is 0.779. The van der Waals surface area contributed by atoms with Crippen molar-refractivity contribution in [3.8, 4) is 0 Å². The Balaban J connectivity index is 2.30. The van der Waals surface area contributed by atoms with Gasteiger partial charge < -0.3 is 5.73 Å². The number of hydrogen-bond donors (Lipinski definition) is 1.